The van der Waals surface area contributed by atoms with Crippen molar-refractivity contribution in [2.45, 2.75) is 13.5 Å². The van der Waals surface area contributed by atoms with Gasteiger partial charge in [-0.2, -0.15) is 0 Å². The normalized spacial score (nSPS) is 16.0. The minimum atomic E-state index is -0.228. The molecule has 3 aromatic carbocycles. The number of hydrogen-bond acceptors (Lipinski definition) is 3. The van der Waals surface area contributed by atoms with E-state index in [9.17, 15) is 9.59 Å². The second kappa shape index (κ2) is 6.81. The van der Waals surface area contributed by atoms with Crippen molar-refractivity contribution in [3.8, 4) is 0 Å². The maximum Gasteiger partial charge on any atom is 0.293 e. The number of aryl methyl sites for hydroxylation is 1. The van der Waals surface area contributed by atoms with Crippen molar-refractivity contribution in [1.29, 1.82) is 0 Å². The maximum absolute atomic E-state index is 12.7. The lowest BCUT2D eigenvalue weighted by molar-refractivity contribution is -0.123. The standard InChI is InChI=1S/C22H17NO2S/c1-15-9-11-16(12-10-15)13-20-21(24)23(22(25)26-20)14-18-7-4-6-17-5-2-3-8-19(17)18/h2-13H,14H2,1H3/b20-13+. The van der Waals surface area contributed by atoms with Crippen LogP contribution in [0, 0.1) is 6.92 Å². The monoisotopic (exact) mass is 359 g/mol. The quantitative estimate of drug-likeness (QED) is 0.589. The lowest BCUT2D eigenvalue weighted by Gasteiger charge is -2.14. The number of hydrogen-bond donors (Lipinski definition) is 0. The second-order valence-electron chi connectivity index (χ2n) is 6.32. The molecule has 4 heteroatoms. The first-order valence-corrected chi connectivity index (χ1v) is 9.22. The van der Waals surface area contributed by atoms with E-state index in [1.54, 1.807) is 6.08 Å². The maximum atomic E-state index is 12.7. The molecule has 128 valence electrons. The Hall–Kier alpha value is -2.85. The molecular formula is C22H17NO2S. The molecule has 0 atom stereocenters. The highest BCUT2D eigenvalue weighted by atomic mass is 32.2. The molecule has 0 saturated carbocycles. The Kier molecular flexibility index (Phi) is 4.35. The molecule has 0 bridgehead atoms. The van der Waals surface area contributed by atoms with E-state index in [1.165, 1.54) is 4.90 Å². The van der Waals surface area contributed by atoms with E-state index in [4.69, 9.17) is 0 Å². The summed E-state index contributed by atoms with van der Waals surface area (Å²) in [6.45, 7) is 2.30. The van der Waals surface area contributed by atoms with E-state index in [1.807, 2.05) is 73.7 Å². The third kappa shape index (κ3) is 3.16. The van der Waals surface area contributed by atoms with E-state index in [2.05, 4.69) is 0 Å². The molecule has 1 saturated heterocycles. The zero-order valence-corrected chi connectivity index (χ0v) is 15.1. The molecule has 1 heterocycles. The summed E-state index contributed by atoms with van der Waals surface area (Å²) in [6.07, 6.45) is 1.79. The lowest BCUT2D eigenvalue weighted by Crippen LogP contribution is -2.27. The van der Waals surface area contributed by atoms with Crippen LogP contribution in [0.4, 0.5) is 4.79 Å². The molecule has 3 aromatic rings. The SMILES string of the molecule is Cc1ccc(/C=C2/SC(=O)N(Cc3cccc4ccccc34)C2=O)cc1. The summed E-state index contributed by atoms with van der Waals surface area (Å²) in [7, 11) is 0. The minimum Gasteiger partial charge on any atom is -0.268 e. The van der Waals surface area contributed by atoms with E-state index >= 15 is 0 Å². The largest absolute Gasteiger partial charge is 0.293 e. The molecule has 26 heavy (non-hydrogen) atoms. The van der Waals surface area contributed by atoms with Gasteiger partial charge in [0.25, 0.3) is 11.1 Å². The predicted octanol–water partition coefficient (Wildman–Crippen LogP) is 5.38. The number of benzene rings is 3. The predicted molar refractivity (Wildman–Crippen MR) is 107 cm³/mol. The average Bonchev–Trinajstić information content (AvgIpc) is 2.91. The van der Waals surface area contributed by atoms with Crippen LogP contribution in [0.15, 0.2) is 71.6 Å². The van der Waals surface area contributed by atoms with E-state index in [0.717, 1.165) is 39.2 Å². The van der Waals surface area contributed by atoms with Gasteiger partial charge in [0.15, 0.2) is 0 Å². The second-order valence-corrected chi connectivity index (χ2v) is 7.31. The van der Waals surface area contributed by atoms with Crippen LogP contribution >= 0.6 is 11.8 Å². The Bertz CT molecular complexity index is 1030. The molecule has 0 aromatic heterocycles. The molecule has 4 rings (SSSR count). The summed E-state index contributed by atoms with van der Waals surface area (Å²) < 4.78 is 0. The summed E-state index contributed by atoms with van der Waals surface area (Å²) in [4.78, 5) is 26.9. The van der Waals surface area contributed by atoms with Crippen LogP contribution in [-0.2, 0) is 11.3 Å². The fourth-order valence-corrected chi connectivity index (χ4v) is 3.89. The summed E-state index contributed by atoms with van der Waals surface area (Å²) in [5, 5.41) is 1.95. The van der Waals surface area contributed by atoms with E-state index in [0.29, 0.717) is 4.91 Å². The molecule has 1 aliphatic rings. The highest BCUT2D eigenvalue weighted by Crippen LogP contribution is 2.34. The number of fused-ring (bicyclic) bond motifs is 1. The van der Waals surface area contributed by atoms with Crippen LogP contribution in [0.1, 0.15) is 16.7 Å². The summed E-state index contributed by atoms with van der Waals surface area (Å²) in [5.41, 5.74) is 3.06. The summed E-state index contributed by atoms with van der Waals surface area (Å²) in [6, 6.07) is 21.8. The average molecular weight is 359 g/mol. The van der Waals surface area contributed by atoms with Crippen molar-refractivity contribution in [1.82, 2.24) is 4.90 Å². The molecule has 0 spiro atoms. The molecule has 0 N–H and O–H groups in total. The van der Waals surface area contributed by atoms with E-state index in [-0.39, 0.29) is 17.7 Å². The van der Waals surface area contributed by atoms with Crippen molar-refractivity contribution < 1.29 is 9.59 Å². The van der Waals surface area contributed by atoms with Gasteiger partial charge in [-0.25, -0.2) is 0 Å². The first kappa shape index (κ1) is 16.6. The molecule has 0 radical (unpaired) electrons. The van der Waals surface area contributed by atoms with Crippen LogP contribution in [0.3, 0.4) is 0 Å². The lowest BCUT2D eigenvalue weighted by atomic mass is 10.0. The van der Waals surface area contributed by atoms with Crippen LogP contribution in [0.5, 0.6) is 0 Å². The van der Waals surface area contributed by atoms with Crippen molar-refractivity contribution >= 4 is 39.8 Å². The molecule has 1 aliphatic heterocycles. The number of nitrogens with zero attached hydrogens (tertiary/aromatic N) is 1. The fourth-order valence-electron chi connectivity index (χ4n) is 3.05. The minimum absolute atomic E-state index is 0.221. The number of imide groups is 1. The van der Waals surface area contributed by atoms with Gasteiger partial charge in [0.2, 0.25) is 0 Å². The molecule has 1 fully saturated rings. The number of thioether (sulfide) groups is 1. The van der Waals surface area contributed by atoms with Gasteiger partial charge in [0.05, 0.1) is 11.4 Å². The van der Waals surface area contributed by atoms with E-state index < -0.39 is 0 Å². The van der Waals surface area contributed by atoms with Gasteiger partial charge in [0, 0.05) is 0 Å². The molecule has 3 nitrogen and oxygen atoms in total. The first-order valence-electron chi connectivity index (χ1n) is 8.40. The van der Waals surface area contributed by atoms with Crippen LogP contribution in [-0.4, -0.2) is 16.0 Å². The van der Waals surface area contributed by atoms with Gasteiger partial charge in [0.1, 0.15) is 0 Å². The third-order valence-corrected chi connectivity index (χ3v) is 5.36. The van der Waals surface area contributed by atoms with Crippen molar-refractivity contribution in [3.63, 3.8) is 0 Å². The molecular weight excluding hydrogens is 342 g/mol. The van der Waals surface area contributed by atoms with Gasteiger partial charge in [-0.1, -0.05) is 72.3 Å². The summed E-state index contributed by atoms with van der Waals surface area (Å²) >= 11 is 1.00. The Morgan fingerprint density at radius 3 is 2.46 bits per heavy atom. The van der Waals surface area contributed by atoms with Gasteiger partial charge in [-0.05, 0) is 46.7 Å². The first-order chi connectivity index (χ1) is 12.6. The number of rotatable bonds is 3. The highest BCUT2D eigenvalue weighted by molar-refractivity contribution is 8.18. The Labute approximate surface area is 156 Å². The number of carbonyl (C=O) groups excluding carboxylic acids is 2. The molecule has 0 aliphatic carbocycles. The highest BCUT2D eigenvalue weighted by Gasteiger charge is 2.35. The molecule has 2 amide bonds. The number of amides is 2. The Morgan fingerprint density at radius 1 is 0.923 bits per heavy atom. The van der Waals surface area contributed by atoms with Gasteiger partial charge in [-0.3, -0.25) is 14.5 Å². The fraction of sp³-hybridized carbons (Fsp3) is 0.0909. The Morgan fingerprint density at radius 2 is 1.65 bits per heavy atom. The molecule has 0 unspecified atom stereocenters. The zero-order valence-electron chi connectivity index (χ0n) is 14.3. The zero-order chi connectivity index (χ0) is 18.1. The number of carbonyl (C=O) groups is 2. The van der Waals surface area contributed by atoms with Crippen molar-refractivity contribution in [3.05, 3.63) is 88.3 Å². The van der Waals surface area contributed by atoms with Gasteiger partial charge >= 0.3 is 0 Å². The van der Waals surface area contributed by atoms with Gasteiger partial charge in [-0.15, -0.1) is 0 Å². The van der Waals surface area contributed by atoms with Crippen LogP contribution in [0.2, 0.25) is 0 Å². The van der Waals surface area contributed by atoms with Crippen molar-refractivity contribution in [2.75, 3.05) is 0 Å². The smallest absolute Gasteiger partial charge is 0.268 e. The topological polar surface area (TPSA) is 37.4 Å². The summed E-state index contributed by atoms with van der Waals surface area (Å²) in [5.74, 6) is -0.228. The van der Waals surface area contributed by atoms with Gasteiger partial charge < -0.3 is 0 Å². The Balaban J connectivity index is 1.62. The third-order valence-electron chi connectivity index (χ3n) is 4.46. The van der Waals surface area contributed by atoms with Crippen LogP contribution in [0.25, 0.3) is 16.8 Å². The van der Waals surface area contributed by atoms with Crippen molar-refractivity contribution in [2.24, 2.45) is 0 Å². The van der Waals surface area contributed by atoms with Crippen LogP contribution < -0.4 is 0 Å².